The third kappa shape index (κ3) is 3.82. The van der Waals surface area contributed by atoms with Gasteiger partial charge < -0.3 is 4.90 Å². The van der Waals surface area contributed by atoms with E-state index in [0.29, 0.717) is 24.2 Å². The first-order valence-corrected chi connectivity index (χ1v) is 8.15. The monoisotopic (exact) mass is 323 g/mol. The summed E-state index contributed by atoms with van der Waals surface area (Å²) in [6.07, 6.45) is 1.66. The van der Waals surface area contributed by atoms with Crippen LogP contribution in [0.4, 0.5) is 0 Å². The van der Waals surface area contributed by atoms with Gasteiger partial charge in [-0.2, -0.15) is 0 Å². The minimum absolute atomic E-state index is 0.309. The zero-order valence-electron chi connectivity index (χ0n) is 11.7. The number of likely N-dealkylation sites (tertiary alicyclic amines) is 1. The SMILES string of the molecule is CC(C)c1ccc(CCN2CC(CBr)CC2=O)cc1. The van der Waals surface area contributed by atoms with Crippen LogP contribution in [0.1, 0.15) is 37.3 Å². The van der Waals surface area contributed by atoms with Crippen molar-refractivity contribution >= 4 is 21.8 Å². The maximum atomic E-state index is 11.8. The van der Waals surface area contributed by atoms with E-state index in [2.05, 4.69) is 54.0 Å². The molecule has 19 heavy (non-hydrogen) atoms. The number of rotatable bonds is 5. The fraction of sp³-hybridized carbons (Fsp3) is 0.562. The molecular formula is C16H22BrNO. The summed E-state index contributed by atoms with van der Waals surface area (Å²) >= 11 is 3.47. The Kier molecular flexibility index (Phi) is 5.03. The molecule has 1 amide bonds. The van der Waals surface area contributed by atoms with Gasteiger partial charge in [0.2, 0.25) is 5.91 Å². The smallest absolute Gasteiger partial charge is 0.222 e. The number of benzene rings is 1. The van der Waals surface area contributed by atoms with Crippen molar-refractivity contribution in [2.45, 2.75) is 32.6 Å². The van der Waals surface area contributed by atoms with E-state index in [9.17, 15) is 4.79 Å². The summed E-state index contributed by atoms with van der Waals surface area (Å²) in [7, 11) is 0. The molecule has 2 rings (SSSR count). The summed E-state index contributed by atoms with van der Waals surface area (Å²) in [5, 5.41) is 0.929. The predicted molar refractivity (Wildman–Crippen MR) is 82.7 cm³/mol. The highest BCUT2D eigenvalue weighted by molar-refractivity contribution is 9.09. The van der Waals surface area contributed by atoms with Crippen LogP contribution in [0.25, 0.3) is 0 Å². The first-order valence-electron chi connectivity index (χ1n) is 7.02. The highest BCUT2D eigenvalue weighted by atomic mass is 79.9. The van der Waals surface area contributed by atoms with Gasteiger partial charge in [0.1, 0.15) is 0 Å². The van der Waals surface area contributed by atoms with E-state index in [4.69, 9.17) is 0 Å². The Morgan fingerprint density at radius 3 is 2.53 bits per heavy atom. The van der Waals surface area contributed by atoms with Gasteiger partial charge in [-0.1, -0.05) is 54.0 Å². The molecule has 0 saturated carbocycles. The zero-order chi connectivity index (χ0) is 13.8. The molecule has 1 aliphatic rings. The first kappa shape index (κ1) is 14.6. The molecule has 0 spiro atoms. The Bertz CT molecular complexity index is 427. The summed E-state index contributed by atoms with van der Waals surface area (Å²) in [6.45, 7) is 6.17. The van der Waals surface area contributed by atoms with Crippen LogP contribution in [0.3, 0.4) is 0 Å². The lowest BCUT2D eigenvalue weighted by atomic mass is 10.0. The minimum Gasteiger partial charge on any atom is -0.342 e. The van der Waals surface area contributed by atoms with E-state index >= 15 is 0 Å². The highest BCUT2D eigenvalue weighted by Crippen LogP contribution is 2.20. The number of nitrogens with zero attached hydrogens (tertiary/aromatic N) is 1. The van der Waals surface area contributed by atoms with Crippen LogP contribution in [0.2, 0.25) is 0 Å². The Balaban J connectivity index is 1.87. The summed E-state index contributed by atoms with van der Waals surface area (Å²) < 4.78 is 0. The second kappa shape index (κ2) is 6.56. The molecule has 1 unspecified atom stereocenters. The van der Waals surface area contributed by atoms with Gasteiger partial charge in [0.05, 0.1) is 0 Å². The summed E-state index contributed by atoms with van der Waals surface area (Å²) in [5.41, 5.74) is 2.69. The van der Waals surface area contributed by atoms with Crippen molar-refractivity contribution in [1.82, 2.24) is 4.90 Å². The van der Waals surface area contributed by atoms with E-state index in [1.54, 1.807) is 0 Å². The highest BCUT2D eigenvalue weighted by Gasteiger charge is 2.28. The number of carbonyl (C=O) groups excluding carboxylic acids is 1. The fourth-order valence-corrected chi connectivity index (χ4v) is 2.94. The molecule has 1 heterocycles. The van der Waals surface area contributed by atoms with E-state index in [0.717, 1.165) is 24.8 Å². The maximum Gasteiger partial charge on any atom is 0.222 e. The lowest BCUT2D eigenvalue weighted by molar-refractivity contribution is -0.127. The van der Waals surface area contributed by atoms with Crippen LogP contribution in [0, 0.1) is 5.92 Å². The number of hydrogen-bond donors (Lipinski definition) is 0. The molecule has 1 atom stereocenters. The van der Waals surface area contributed by atoms with Crippen molar-refractivity contribution in [1.29, 1.82) is 0 Å². The average Bonchev–Trinajstić information content (AvgIpc) is 2.77. The van der Waals surface area contributed by atoms with Crippen LogP contribution >= 0.6 is 15.9 Å². The van der Waals surface area contributed by atoms with Crippen molar-refractivity contribution in [2.24, 2.45) is 5.92 Å². The topological polar surface area (TPSA) is 20.3 Å². The van der Waals surface area contributed by atoms with E-state index in [1.807, 2.05) is 4.90 Å². The molecule has 1 aromatic carbocycles. The van der Waals surface area contributed by atoms with Gasteiger partial charge in [-0.05, 0) is 29.4 Å². The molecule has 2 nitrogen and oxygen atoms in total. The summed E-state index contributed by atoms with van der Waals surface area (Å²) in [4.78, 5) is 13.8. The molecular weight excluding hydrogens is 302 g/mol. The number of hydrogen-bond acceptors (Lipinski definition) is 1. The summed E-state index contributed by atoms with van der Waals surface area (Å²) in [5.74, 6) is 1.38. The standard InChI is InChI=1S/C16H22BrNO/c1-12(2)15-5-3-13(4-6-15)7-8-18-11-14(10-17)9-16(18)19/h3-6,12,14H,7-11H2,1-2H3. The van der Waals surface area contributed by atoms with E-state index in [-0.39, 0.29) is 0 Å². The molecule has 104 valence electrons. The quantitative estimate of drug-likeness (QED) is 0.758. The normalized spacial score (nSPS) is 19.5. The fourth-order valence-electron chi connectivity index (χ4n) is 2.51. The van der Waals surface area contributed by atoms with Crippen LogP contribution in [-0.4, -0.2) is 29.2 Å². The number of amides is 1. The predicted octanol–water partition coefficient (Wildman–Crippen LogP) is 3.60. The molecule has 0 radical (unpaired) electrons. The molecule has 0 N–H and O–H groups in total. The molecule has 1 saturated heterocycles. The Labute approximate surface area is 124 Å². The van der Waals surface area contributed by atoms with Crippen molar-refractivity contribution in [3.63, 3.8) is 0 Å². The molecule has 1 aliphatic heterocycles. The van der Waals surface area contributed by atoms with Crippen molar-refractivity contribution < 1.29 is 4.79 Å². The minimum atomic E-state index is 0.309. The van der Waals surface area contributed by atoms with E-state index in [1.165, 1.54) is 11.1 Å². The van der Waals surface area contributed by atoms with E-state index < -0.39 is 0 Å². The molecule has 3 heteroatoms. The Hall–Kier alpha value is -0.830. The third-order valence-electron chi connectivity index (χ3n) is 3.83. The summed E-state index contributed by atoms with van der Waals surface area (Å²) in [6, 6.07) is 8.79. The number of halogens is 1. The van der Waals surface area contributed by atoms with Crippen molar-refractivity contribution in [3.8, 4) is 0 Å². The van der Waals surface area contributed by atoms with Gasteiger partial charge in [0.25, 0.3) is 0 Å². The van der Waals surface area contributed by atoms with Crippen LogP contribution in [0.15, 0.2) is 24.3 Å². The van der Waals surface area contributed by atoms with Crippen LogP contribution in [0.5, 0.6) is 0 Å². The van der Waals surface area contributed by atoms with Gasteiger partial charge in [-0.3, -0.25) is 4.79 Å². The van der Waals surface area contributed by atoms with Crippen molar-refractivity contribution in [2.75, 3.05) is 18.4 Å². The zero-order valence-corrected chi connectivity index (χ0v) is 13.3. The maximum absolute atomic E-state index is 11.8. The van der Waals surface area contributed by atoms with Crippen LogP contribution < -0.4 is 0 Å². The lowest BCUT2D eigenvalue weighted by Gasteiger charge is -2.16. The second-order valence-corrected chi connectivity index (χ2v) is 6.36. The molecule has 0 bridgehead atoms. The van der Waals surface area contributed by atoms with Gasteiger partial charge in [-0.25, -0.2) is 0 Å². The van der Waals surface area contributed by atoms with Crippen LogP contribution in [-0.2, 0) is 11.2 Å². The third-order valence-corrected chi connectivity index (χ3v) is 4.75. The average molecular weight is 324 g/mol. The van der Waals surface area contributed by atoms with Crippen molar-refractivity contribution in [3.05, 3.63) is 35.4 Å². The number of carbonyl (C=O) groups is 1. The largest absolute Gasteiger partial charge is 0.342 e. The molecule has 0 aromatic heterocycles. The molecule has 1 fully saturated rings. The first-order chi connectivity index (χ1) is 9.10. The van der Waals surface area contributed by atoms with Gasteiger partial charge in [0, 0.05) is 24.8 Å². The van der Waals surface area contributed by atoms with Gasteiger partial charge >= 0.3 is 0 Å². The van der Waals surface area contributed by atoms with Gasteiger partial charge in [0.15, 0.2) is 0 Å². The molecule has 1 aromatic rings. The Morgan fingerprint density at radius 1 is 1.32 bits per heavy atom. The number of alkyl halides is 1. The van der Waals surface area contributed by atoms with Gasteiger partial charge in [-0.15, -0.1) is 0 Å². The second-order valence-electron chi connectivity index (χ2n) is 5.71. The lowest BCUT2D eigenvalue weighted by Crippen LogP contribution is -2.27. The molecule has 0 aliphatic carbocycles. The Morgan fingerprint density at radius 2 is 2.00 bits per heavy atom.